The maximum absolute atomic E-state index is 13.7. The van der Waals surface area contributed by atoms with Gasteiger partial charge in [-0.25, -0.2) is 4.39 Å². The first-order valence-electron chi connectivity index (χ1n) is 13.3. The normalized spacial score (nSPS) is 18.2. The zero-order valence-corrected chi connectivity index (χ0v) is 22.0. The molecule has 0 spiro atoms. The van der Waals surface area contributed by atoms with Gasteiger partial charge in [0.2, 0.25) is 0 Å². The zero-order valence-electron chi connectivity index (χ0n) is 22.0. The minimum atomic E-state index is -0.126. The minimum absolute atomic E-state index is 0.0899. The topological polar surface area (TPSA) is 46.5 Å². The van der Waals surface area contributed by atoms with Gasteiger partial charge in [-0.05, 0) is 79.9 Å². The molecule has 0 saturated heterocycles. The molecule has 0 bridgehead atoms. The number of aliphatic hydroxyl groups excluding tert-OH is 1. The molecule has 36 heavy (non-hydrogen) atoms. The lowest BCUT2D eigenvalue weighted by atomic mass is 9.90. The molecular formula is C32H43FO3. The summed E-state index contributed by atoms with van der Waals surface area (Å²) in [5.74, 6) is 1.64. The number of unbranched alkanes of at least 4 members (excludes halogenated alkanes) is 1. The van der Waals surface area contributed by atoms with E-state index in [9.17, 15) is 9.18 Å². The summed E-state index contributed by atoms with van der Waals surface area (Å²) < 4.78 is 18.4. The van der Waals surface area contributed by atoms with Gasteiger partial charge in [-0.1, -0.05) is 86.2 Å². The highest BCUT2D eigenvalue weighted by Gasteiger charge is 2.23. The number of hydrogen-bond donors (Lipinski definition) is 1. The van der Waals surface area contributed by atoms with Crippen LogP contribution in [0.5, 0.6) is 0 Å². The molecule has 0 heterocycles. The highest BCUT2D eigenvalue weighted by Crippen LogP contribution is 2.35. The molecule has 0 aliphatic heterocycles. The lowest BCUT2D eigenvalue weighted by molar-refractivity contribution is -0.140. The lowest BCUT2D eigenvalue weighted by Gasteiger charge is -2.15. The van der Waals surface area contributed by atoms with E-state index in [1.54, 1.807) is 12.1 Å². The molecule has 4 heteroatoms. The van der Waals surface area contributed by atoms with Crippen LogP contribution in [0, 0.1) is 23.6 Å². The first kappa shape index (κ1) is 29.5. The fourth-order valence-electron chi connectivity index (χ4n) is 4.56. The summed E-state index contributed by atoms with van der Waals surface area (Å²) in [5.41, 5.74) is 1.78. The maximum Gasteiger partial charge on any atom is 0.305 e. The predicted molar refractivity (Wildman–Crippen MR) is 146 cm³/mol. The second kappa shape index (κ2) is 17.7. The van der Waals surface area contributed by atoms with Crippen LogP contribution in [0.2, 0.25) is 0 Å². The Morgan fingerprint density at radius 1 is 1.11 bits per heavy atom. The maximum atomic E-state index is 13.7. The van der Waals surface area contributed by atoms with Crippen molar-refractivity contribution >= 4 is 5.97 Å². The van der Waals surface area contributed by atoms with Gasteiger partial charge in [0.1, 0.15) is 5.82 Å². The number of halogens is 1. The minimum Gasteiger partial charge on any atom is -0.469 e. The molecule has 1 aliphatic rings. The van der Waals surface area contributed by atoms with E-state index >= 15 is 0 Å². The van der Waals surface area contributed by atoms with E-state index in [4.69, 9.17) is 5.11 Å². The van der Waals surface area contributed by atoms with Crippen LogP contribution in [0.1, 0.15) is 69.4 Å². The van der Waals surface area contributed by atoms with Crippen molar-refractivity contribution in [2.45, 2.75) is 71.3 Å². The molecule has 3 rings (SSSR count). The van der Waals surface area contributed by atoms with Gasteiger partial charge in [-0.2, -0.15) is 0 Å². The summed E-state index contributed by atoms with van der Waals surface area (Å²) in [6.07, 6.45) is 18.3. The number of methoxy groups -OCH3 is 1. The lowest BCUT2D eigenvalue weighted by Crippen LogP contribution is -2.05. The molecule has 0 aromatic heterocycles. The van der Waals surface area contributed by atoms with Crippen LogP contribution < -0.4 is 0 Å². The van der Waals surface area contributed by atoms with Crippen LogP contribution in [-0.2, 0) is 22.6 Å². The van der Waals surface area contributed by atoms with Gasteiger partial charge >= 0.3 is 5.97 Å². The van der Waals surface area contributed by atoms with Crippen LogP contribution in [0.3, 0.4) is 0 Å². The average molecular weight is 495 g/mol. The van der Waals surface area contributed by atoms with Crippen molar-refractivity contribution in [3.63, 3.8) is 0 Å². The Bertz CT molecular complexity index is 922. The van der Waals surface area contributed by atoms with E-state index in [-0.39, 0.29) is 18.4 Å². The van der Waals surface area contributed by atoms with Gasteiger partial charge in [-0.15, -0.1) is 0 Å². The summed E-state index contributed by atoms with van der Waals surface area (Å²) in [6.45, 7) is 2.36. The molecule has 196 valence electrons. The van der Waals surface area contributed by atoms with Crippen molar-refractivity contribution in [2.75, 3.05) is 7.11 Å². The Hall–Kier alpha value is -2.72. The standard InChI is InChI=1S/C25H35FO2.C7H8O/c1-20(17-19-23-11-7-8-14-24(23)26)16-18-22-13-9-12-21(22)10-5-3-4-6-15-25(27)28-2;8-6-7-4-2-1-3-5-7/h3,5,7-8,11,14,16,18,20-22H,4,6,9-10,12-13,15,17,19H2,1-2H3;1-5,8H,6H2/b5-3-,18-16+;/t20?,21-,22+;/m0./s1. The van der Waals surface area contributed by atoms with Crippen LogP contribution in [0.25, 0.3) is 0 Å². The van der Waals surface area contributed by atoms with Crippen molar-refractivity contribution in [1.82, 2.24) is 0 Å². The van der Waals surface area contributed by atoms with E-state index in [0.717, 1.165) is 49.1 Å². The van der Waals surface area contributed by atoms with Crippen molar-refractivity contribution in [3.8, 4) is 0 Å². The quantitative estimate of drug-likeness (QED) is 0.186. The number of carbonyl (C=O) groups excluding carboxylic acids is 1. The summed E-state index contributed by atoms with van der Waals surface area (Å²) >= 11 is 0. The molecule has 1 fully saturated rings. The van der Waals surface area contributed by atoms with Crippen molar-refractivity contribution in [2.24, 2.45) is 17.8 Å². The van der Waals surface area contributed by atoms with Crippen molar-refractivity contribution < 1.29 is 19.0 Å². The van der Waals surface area contributed by atoms with E-state index in [1.165, 1.54) is 26.4 Å². The van der Waals surface area contributed by atoms with Gasteiger partial charge in [0.05, 0.1) is 13.7 Å². The molecule has 2 aromatic rings. The molecule has 1 aliphatic carbocycles. The summed E-state index contributed by atoms with van der Waals surface area (Å²) in [7, 11) is 1.44. The van der Waals surface area contributed by atoms with Crippen LogP contribution >= 0.6 is 0 Å². The van der Waals surface area contributed by atoms with Crippen molar-refractivity contribution in [3.05, 3.63) is 95.8 Å². The Labute approximate surface area is 217 Å². The number of ether oxygens (including phenoxy) is 1. The molecule has 1 N–H and O–H groups in total. The van der Waals surface area contributed by atoms with E-state index < -0.39 is 0 Å². The predicted octanol–water partition coefficient (Wildman–Crippen LogP) is 7.84. The van der Waals surface area contributed by atoms with E-state index in [1.807, 2.05) is 42.5 Å². The van der Waals surface area contributed by atoms with Crippen LogP contribution in [0.15, 0.2) is 78.9 Å². The monoisotopic (exact) mass is 494 g/mol. The number of carbonyl (C=O) groups is 1. The Kier molecular flexibility index (Phi) is 14.5. The van der Waals surface area contributed by atoms with Crippen LogP contribution in [0.4, 0.5) is 4.39 Å². The van der Waals surface area contributed by atoms with Gasteiger partial charge in [0.15, 0.2) is 0 Å². The number of benzene rings is 2. The number of esters is 1. The van der Waals surface area contributed by atoms with Crippen LogP contribution in [-0.4, -0.2) is 18.2 Å². The number of allylic oxidation sites excluding steroid dienone is 4. The first-order valence-corrected chi connectivity index (χ1v) is 13.3. The average Bonchev–Trinajstić information content (AvgIpc) is 3.36. The molecule has 0 amide bonds. The second-order valence-corrected chi connectivity index (χ2v) is 9.67. The molecule has 2 aromatic carbocycles. The number of hydrogen-bond acceptors (Lipinski definition) is 3. The molecule has 1 saturated carbocycles. The molecule has 0 radical (unpaired) electrons. The number of rotatable bonds is 12. The molecule has 1 unspecified atom stereocenters. The highest BCUT2D eigenvalue weighted by atomic mass is 19.1. The van der Waals surface area contributed by atoms with E-state index in [2.05, 4.69) is 36.0 Å². The number of aliphatic hydroxyl groups is 1. The third-order valence-corrected chi connectivity index (χ3v) is 6.84. The van der Waals surface area contributed by atoms with E-state index in [0.29, 0.717) is 18.3 Å². The molecule has 3 atom stereocenters. The summed E-state index contributed by atoms with van der Waals surface area (Å²) in [5, 5.41) is 8.54. The van der Waals surface area contributed by atoms with Gasteiger partial charge < -0.3 is 9.84 Å². The summed E-state index contributed by atoms with van der Waals surface area (Å²) in [4.78, 5) is 11.1. The van der Waals surface area contributed by atoms with Gasteiger partial charge in [0.25, 0.3) is 0 Å². The second-order valence-electron chi connectivity index (χ2n) is 9.67. The fourth-order valence-corrected chi connectivity index (χ4v) is 4.56. The largest absolute Gasteiger partial charge is 0.469 e. The summed E-state index contributed by atoms with van der Waals surface area (Å²) in [6, 6.07) is 16.6. The Morgan fingerprint density at radius 3 is 2.56 bits per heavy atom. The zero-order chi connectivity index (χ0) is 26.0. The Balaban J connectivity index is 0.000000482. The molecular weight excluding hydrogens is 451 g/mol. The number of aryl methyl sites for hydroxylation is 1. The highest BCUT2D eigenvalue weighted by molar-refractivity contribution is 5.69. The smallest absolute Gasteiger partial charge is 0.305 e. The first-order chi connectivity index (χ1) is 17.5. The van der Waals surface area contributed by atoms with Crippen molar-refractivity contribution in [1.29, 1.82) is 0 Å². The third kappa shape index (κ3) is 11.8. The fraction of sp³-hybridized carbons (Fsp3) is 0.469. The molecule has 3 nitrogen and oxygen atoms in total. The van der Waals surface area contributed by atoms with Gasteiger partial charge in [0, 0.05) is 6.42 Å². The third-order valence-electron chi connectivity index (χ3n) is 6.84. The Morgan fingerprint density at radius 2 is 1.86 bits per heavy atom. The van der Waals surface area contributed by atoms with Gasteiger partial charge in [-0.3, -0.25) is 4.79 Å². The SMILES string of the molecule is COC(=O)CCC/C=C\C[C@H]1CCC[C@@H]1/C=C/C(C)CCc1ccccc1F.OCc1ccccc1.